The number of ether oxygens (including phenoxy) is 1. The van der Waals surface area contributed by atoms with Crippen LogP contribution in [0, 0.1) is 6.92 Å². The fourth-order valence-corrected chi connectivity index (χ4v) is 2.11. The molecular weight excluding hydrogens is 292 g/mol. The van der Waals surface area contributed by atoms with E-state index in [9.17, 15) is 4.79 Å². The maximum absolute atomic E-state index is 12.0. The van der Waals surface area contributed by atoms with Gasteiger partial charge < -0.3 is 21.0 Å². The largest absolute Gasteiger partial charge is 0.485 e. The van der Waals surface area contributed by atoms with Crippen LogP contribution in [0.15, 0.2) is 34.8 Å². The summed E-state index contributed by atoms with van der Waals surface area (Å²) < 4.78 is 5.31. The van der Waals surface area contributed by atoms with Gasteiger partial charge >= 0.3 is 0 Å². The second kappa shape index (κ2) is 6.71. The number of rotatable bonds is 5. The summed E-state index contributed by atoms with van der Waals surface area (Å²) in [4.78, 5) is 16.1. The van der Waals surface area contributed by atoms with E-state index >= 15 is 0 Å². The second-order valence-electron chi connectivity index (χ2n) is 4.11. The van der Waals surface area contributed by atoms with E-state index in [1.165, 1.54) is 11.3 Å². The predicted octanol–water partition coefficient (Wildman–Crippen LogP) is 1.83. The van der Waals surface area contributed by atoms with Crippen LogP contribution in [-0.4, -0.2) is 28.5 Å². The molecule has 0 radical (unpaired) electrons. The minimum atomic E-state index is -0.284. The zero-order valence-corrected chi connectivity index (χ0v) is 12.1. The molecule has 0 bridgehead atoms. The topological polar surface area (TPSA) is 110 Å². The van der Waals surface area contributed by atoms with Gasteiger partial charge in [-0.1, -0.05) is 11.2 Å². The fourth-order valence-electron chi connectivity index (χ4n) is 1.51. The number of hydrogen-bond acceptors (Lipinski definition) is 6. The number of oxime groups is 1. The Morgan fingerprint density at radius 2 is 2.38 bits per heavy atom. The summed E-state index contributed by atoms with van der Waals surface area (Å²) >= 11 is 1.41. The first-order valence-electron chi connectivity index (χ1n) is 6.01. The first-order valence-corrected chi connectivity index (χ1v) is 6.89. The van der Waals surface area contributed by atoms with Crippen LogP contribution in [0.25, 0.3) is 0 Å². The van der Waals surface area contributed by atoms with E-state index in [-0.39, 0.29) is 18.3 Å². The molecule has 7 nitrogen and oxygen atoms in total. The Bertz CT molecular complexity index is 669. The Hall–Kier alpha value is -2.61. The lowest BCUT2D eigenvalue weighted by Crippen LogP contribution is -2.20. The third-order valence-corrected chi connectivity index (χ3v) is 3.23. The number of carbonyl (C=O) groups excluding carboxylic acids is 1. The van der Waals surface area contributed by atoms with Crippen LogP contribution in [0.3, 0.4) is 0 Å². The van der Waals surface area contributed by atoms with Crippen LogP contribution < -0.4 is 15.8 Å². The van der Waals surface area contributed by atoms with Crippen molar-refractivity contribution < 1.29 is 14.7 Å². The molecule has 2 aromatic rings. The molecule has 1 aromatic carbocycles. The molecule has 0 aliphatic carbocycles. The third kappa shape index (κ3) is 4.18. The summed E-state index contributed by atoms with van der Waals surface area (Å²) in [6, 6.07) is 6.80. The molecule has 21 heavy (non-hydrogen) atoms. The van der Waals surface area contributed by atoms with Crippen molar-refractivity contribution in [1.82, 2.24) is 4.98 Å². The minimum Gasteiger partial charge on any atom is -0.485 e. The molecule has 4 N–H and O–H groups in total. The van der Waals surface area contributed by atoms with Gasteiger partial charge in [-0.2, -0.15) is 0 Å². The van der Waals surface area contributed by atoms with Crippen LogP contribution in [0.5, 0.6) is 5.75 Å². The summed E-state index contributed by atoms with van der Waals surface area (Å²) in [6.07, 6.45) is 0. The number of amides is 1. The van der Waals surface area contributed by atoms with Crippen molar-refractivity contribution in [3.05, 3.63) is 40.3 Å². The van der Waals surface area contributed by atoms with Crippen molar-refractivity contribution in [2.75, 3.05) is 11.9 Å². The van der Waals surface area contributed by atoms with Gasteiger partial charge in [-0.05, 0) is 19.1 Å². The number of nitrogens with one attached hydrogen (secondary N) is 1. The van der Waals surface area contributed by atoms with E-state index < -0.39 is 0 Å². The van der Waals surface area contributed by atoms with E-state index in [4.69, 9.17) is 15.7 Å². The molecule has 110 valence electrons. The minimum absolute atomic E-state index is 0.0395. The average Bonchev–Trinajstić information content (AvgIpc) is 2.92. The molecular formula is C13H14N4O3S. The molecule has 2 rings (SSSR count). The normalized spacial score (nSPS) is 11.2. The Labute approximate surface area is 125 Å². The highest BCUT2D eigenvalue weighted by Crippen LogP contribution is 2.18. The number of hydrogen-bond donors (Lipinski definition) is 3. The van der Waals surface area contributed by atoms with Crippen LogP contribution >= 0.6 is 11.3 Å². The first-order chi connectivity index (χ1) is 10.1. The number of anilines is 1. The third-order valence-electron chi connectivity index (χ3n) is 2.46. The van der Waals surface area contributed by atoms with E-state index in [2.05, 4.69) is 15.5 Å². The highest BCUT2D eigenvalue weighted by atomic mass is 32.1. The summed E-state index contributed by atoms with van der Waals surface area (Å²) in [5.74, 6) is 0.171. The van der Waals surface area contributed by atoms with E-state index in [1.807, 2.05) is 6.92 Å². The van der Waals surface area contributed by atoms with Gasteiger partial charge in [0.1, 0.15) is 18.1 Å². The molecule has 0 fully saturated rings. The molecule has 0 saturated heterocycles. The number of benzene rings is 1. The zero-order valence-electron chi connectivity index (χ0n) is 11.2. The number of aromatic nitrogens is 1. The molecule has 0 atom stereocenters. The van der Waals surface area contributed by atoms with Gasteiger partial charge in [0, 0.05) is 17.1 Å². The van der Waals surface area contributed by atoms with Gasteiger partial charge in [0.25, 0.3) is 5.91 Å². The van der Waals surface area contributed by atoms with Crippen LogP contribution in [-0.2, 0) is 0 Å². The van der Waals surface area contributed by atoms with Crippen LogP contribution in [0.1, 0.15) is 15.5 Å². The van der Waals surface area contributed by atoms with Gasteiger partial charge in [-0.3, -0.25) is 4.79 Å². The molecule has 0 aliphatic rings. The number of nitrogens with zero attached hydrogens (tertiary/aromatic N) is 2. The molecule has 0 spiro atoms. The maximum Gasteiger partial charge on any atom is 0.275 e. The maximum atomic E-state index is 12.0. The van der Waals surface area contributed by atoms with E-state index in [1.54, 1.807) is 29.6 Å². The highest BCUT2D eigenvalue weighted by molar-refractivity contribution is 7.09. The van der Waals surface area contributed by atoms with Gasteiger partial charge in [0.2, 0.25) is 0 Å². The summed E-state index contributed by atoms with van der Waals surface area (Å²) in [7, 11) is 0. The first kappa shape index (κ1) is 14.8. The van der Waals surface area contributed by atoms with Crippen LogP contribution in [0.4, 0.5) is 5.69 Å². The second-order valence-corrected chi connectivity index (χ2v) is 5.18. The Balaban J connectivity index is 2.02. The summed E-state index contributed by atoms with van der Waals surface area (Å²) in [5, 5.41) is 16.5. The van der Waals surface area contributed by atoms with Crippen molar-refractivity contribution in [2.45, 2.75) is 6.92 Å². The molecule has 1 aromatic heterocycles. The molecule has 0 aliphatic heterocycles. The lowest BCUT2D eigenvalue weighted by molar-refractivity contribution is 0.102. The van der Waals surface area contributed by atoms with Gasteiger partial charge in [0.15, 0.2) is 5.84 Å². The van der Waals surface area contributed by atoms with Crippen molar-refractivity contribution in [1.29, 1.82) is 0 Å². The summed E-state index contributed by atoms with van der Waals surface area (Å²) in [5.41, 5.74) is 6.26. The monoisotopic (exact) mass is 306 g/mol. The molecule has 1 heterocycles. The van der Waals surface area contributed by atoms with Gasteiger partial charge in [-0.25, -0.2) is 4.98 Å². The van der Waals surface area contributed by atoms with Crippen LogP contribution in [0.2, 0.25) is 0 Å². The van der Waals surface area contributed by atoms with Crippen molar-refractivity contribution >= 4 is 28.8 Å². The fraction of sp³-hybridized carbons (Fsp3) is 0.154. The number of nitrogens with two attached hydrogens (primary N) is 1. The molecule has 0 unspecified atom stereocenters. The lowest BCUT2D eigenvalue weighted by Gasteiger charge is -2.08. The molecule has 1 amide bonds. The Morgan fingerprint density at radius 3 is 3.05 bits per heavy atom. The number of thiazole rings is 1. The molecule has 0 saturated carbocycles. The quantitative estimate of drug-likeness (QED) is 0.338. The smallest absolute Gasteiger partial charge is 0.275 e. The Kier molecular flexibility index (Phi) is 4.72. The van der Waals surface area contributed by atoms with Gasteiger partial charge in [0.05, 0.1) is 5.01 Å². The summed E-state index contributed by atoms with van der Waals surface area (Å²) in [6.45, 7) is 1.79. The predicted molar refractivity (Wildman–Crippen MR) is 80.2 cm³/mol. The highest BCUT2D eigenvalue weighted by Gasteiger charge is 2.10. The average molecular weight is 306 g/mol. The van der Waals surface area contributed by atoms with E-state index in [0.29, 0.717) is 17.1 Å². The number of carbonyl (C=O) groups is 1. The van der Waals surface area contributed by atoms with Crippen molar-refractivity contribution in [2.24, 2.45) is 10.9 Å². The standard InChI is InChI=1S/C13H14N4O3S/c1-8-15-11(7-21-8)13(18)16-9-3-2-4-10(5-9)20-6-12(14)17-19/h2-5,7,19H,6H2,1H3,(H2,14,17)(H,16,18). The van der Waals surface area contributed by atoms with Crippen molar-refractivity contribution in [3.63, 3.8) is 0 Å². The number of amidine groups is 1. The lowest BCUT2D eigenvalue weighted by atomic mass is 10.3. The van der Waals surface area contributed by atoms with Crippen molar-refractivity contribution in [3.8, 4) is 5.75 Å². The van der Waals surface area contributed by atoms with E-state index in [0.717, 1.165) is 5.01 Å². The molecule has 8 heteroatoms. The SMILES string of the molecule is Cc1nc(C(=O)Nc2cccc(OCC(N)=NO)c2)cs1. The Morgan fingerprint density at radius 1 is 1.57 bits per heavy atom. The van der Waals surface area contributed by atoms with Gasteiger partial charge in [-0.15, -0.1) is 11.3 Å². The zero-order chi connectivity index (χ0) is 15.2. The number of aryl methyl sites for hydroxylation is 1.